The summed E-state index contributed by atoms with van der Waals surface area (Å²) in [4.78, 5) is 17.3. The Kier molecular flexibility index (Phi) is 41.9. The number of methoxy groups -OCH3 is 2. The van der Waals surface area contributed by atoms with Crippen molar-refractivity contribution in [3.63, 3.8) is 0 Å². The first kappa shape index (κ1) is 82.5. The van der Waals surface area contributed by atoms with E-state index in [9.17, 15) is 10.2 Å². The van der Waals surface area contributed by atoms with Gasteiger partial charge in [-0.15, -0.1) is 33.1 Å². The minimum Gasteiger partial charge on any atom is -0.493 e. The third-order valence-corrected chi connectivity index (χ3v) is 13.4. The molecule has 0 saturated heterocycles. The molecule has 1 radical (unpaired) electrons. The van der Waals surface area contributed by atoms with Gasteiger partial charge in [-0.25, -0.2) is 3.93 Å². The van der Waals surface area contributed by atoms with Crippen LogP contribution in [-0.4, -0.2) is 64.2 Å². The molecule has 0 bridgehead atoms. The molecule has 2 spiro atoms. The maximum atomic E-state index is 10.0. The summed E-state index contributed by atoms with van der Waals surface area (Å²) in [6.45, 7) is 3.40. The van der Waals surface area contributed by atoms with E-state index in [1.807, 2.05) is 24.3 Å². The van der Waals surface area contributed by atoms with Gasteiger partial charge in [-0.3, -0.25) is 0 Å². The Bertz CT molecular complexity index is 3960. The molecule has 16 nitrogen and oxygen atoms in total. The van der Waals surface area contributed by atoms with Crippen molar-refractivity contribution in [1.29, 1.82) is 0 Å². The van der Waals surface area contributed by atoms with Crippen molar-refractivity contribution in [3.05, 3.63) is 89.5 Å². The smallest absolute Gasteiger partial charge is 0.306 e. The molecule has 6 unspecified atom stereocenters. The summed E-state index contributed by atoms with van der Waals surface area (Å²) in [5, 5.41) is 41.5. The Balaban J connectivity index is -0.0000000452. The number of nitrogens with zero attached hydrogens (tertiary/aromatic N) is 2. The number of terminal acetylenes is 2. The zero-order valence-electron chi connectivity index (χ0n) is 47.6. The van der Waals surface area contributed by atoms with E-state index in [-0.39, 0.29) is 114 Å². The Morgan fingerprint density at radius 2 is 0.956 bits per heavy atom. The minimum atomic E-state index is -1.50. The second kappa shape index (κ2) is 45.7. The van der Waals surface area contributed by atoms with Crippen LogP contribution >= 0.6 is 32.2 Å². The second-order valence-electron chi connectivity index (χ2n) is 17.4. The Morgan fingerprint density at radius 3 is 1.30 bits per heavy atom. The van der Waals surface area contributed by atoms with Gasteiger partial charge in [0.15, 0.2) is 23.0 Å². The molecule has 0 amide bonds. The van der Waals surface area contributed by atoms with Crippen LogP contribution in [0.5, 0.6) is 23.0 Å². The van der Waals surface area contributed by atoms with Crippen LogP contribution < -0.4 is 30.4 Å². The van der Waals surface area contributed by atoms with Gasteiger partial charge >= 0.3 is 5.09 Å². The van der Waals surface area contributed by atoms with Gasteiger partial charge in [0, 0.05) is 104 Å². The van der Waals surface area contributed by atoms with Crippen LogP contribution in [0.1, 0.15) is 142 Å². The maximum absolute atomic E-state index is 10.0. The Hall–Kier alpha value is -9.58. The molecule has 0 aromatic heterocycles. The maximum Gasteiger partial charge on any atom is 0.306 e. The average molecular weight is 1470 g/mol. The van der Waals surface area contributed by atoms with Gasteiger partial charge in [-0.2, -0.15) is 0 Å². The molecule has 20 heteroatoms. The zero-order valence-corrected chi connectivity index (χ0v) is 54.7. The molecular weight excluding hydrogens is 1380 g/mol. The predicted molar refractivity (Wildman–Crippen MR) is 384 cm³/mol. The van der Waals surface area contributed by atoms with Gasteiger partial charge in [-0.05, 0) is 229 Å². The summed E-state index contributed by atoms with van der Waals surface area (Å²) in [6.07, 6.45) is 24.3. The molecular formula is C70H96Br2CuN4O12Zn. The fraction of sp³-hybridized carbons (Fsp3) is 0.314. The molecule has 7 N–H and O–H groups in total. The summed E-state index contributed by atoms with van der Waals surface area (Å²) in [5.41, 5.74) is 17.2. The van der Waals surface area contributed by atoms with Crippen molar-refractivity contribution in [2.75, 3.05) is 14.2 Å². The summed E-state index contributed by atoms with van der Waals surface area (Å²) >= 11 is 5.79. The van der Waals surface area contributed by atoms with Crippen molar-refractivity contribution in [2.45, 2.75) is 127 Å². The first-order chi connectivity index (χ1) is 41.5. The molecule has 495 valence electrons. The number of benzene rings is 2. The van der Waals surface area contributed by atoms with Crippen LogP contribution in [0.4, 0.5) is 0 Å². The van der Waals surface area contributed by atoms with Crippen LogP contribution in [0, 0.1) is 211 Å². The van der Waals surface area contributed by atoms with Gasteiger partial charge in [-0.1, -0.05) is 85.8 Å². The quantitative estimate of drug-likeness (QED) is 0.0631. The van der Waals surface area contributed by atoms with E-state index < -0.39 is 22.4 Å². The number of halogens is 2. The number of nitrogens with two attached hydrogens (primary N) is 2. The van der Waals surface area contributed by atoms with Crippen LogP contribution in [0.3, 0.4) is 0 Å². The number of hydrogen-bond donors (Lipinski definition) is 5. The minimum absolute atomic E-state index is 0. The van der Waals surface area contributed by atoms with Gasteiger partial charge in [0.25, 0.3) is 5.09 Å². The Morgan fingerprint density at radius 1 is 0.622 bits per heavy atom. The van der Waals surface area contributed by atoms with Gasteiger partial charge in [0.1, 0.15) is 28.5 Å². The summed E-state index contributed by atoms with van der Waals surface area (Å²) < 4.78 is 27.8. The normalized spacial score (nSPS) is 19.2. The molecule has 2 heterocycles. The first-order valence-electron chi connectivity index (χ1n) is 25.3. The summed E-state index contributed by atoms with van der Waals surface area (Å²) in [5.74, 6) is 77.0. The van der Waals surface area contributed by atoms with Crippen LogP contribution in [0.2, 0.25) is 0 Å². The van der Waals surface area contributed by atoms with E-state index in [1.54, 1.807) is 28.1 Å². The fourth-order valence-electron chi connectivity index (χ4n) is 9.39. The molecule has 8 atom stereocenters. The molecule has 8 rings (SSSR count). The van der Waals surface area contributed by atoms with Crippen LogP contribution in [-0.2, 0) is 51.3 Å². The molecule has 0 fully saturated rings. The van der Waals surface area contributed by atoms with Gasteiger partial charge < -0.3 is 45.8 Å². The van der Waals surface area contributed by atoms with Crippen molar-refractivity contribution in [1.82, 2.24) is 0 Å². The standard InChI is InChI=1S/C17H20BrNO3.C17H21NO3.2C17H4.2CH4.BrNO3.Cu.HNO3.Zn.19H2/c1-21-12-8-10(18)14-11(19)3-2-5-17-6-4-9(20)7-13(17)22-16(12)15(14)17;1-20-13-5-4-11-12(18)3-2-7-17-8-6-10(19)9-14(17)21-16(13)15(11)17;2*1-3-5-7-9-11-13-15-17-16-14-12-10-8-6-4-2;;;1-5-2(3)4;;2-1(3)4;;;;;;;;;;;;;;;;;;;;/h4,6,8-9,11,13,20H,2-3,5,7,19H2,1H3;4-6,8,10,12,14,19H,2-3,7,9,18H2,1H3;2*1H,2H3;2*1H4;;;(H,2,3,4);;19*1H/t9-,11?,13?,17?;10-,12?,14?,17?;;;;;;;;;;;;;;;;;;;;;;;;;;;/m00.........................../s1. The van der Waals surface area contributed by atoms with Crippen LogP contribution in [0.25, 0.3) is 0 Å². The summed E-state index contributed by atoms with van der Waals surface area (Å²) in [7, 11) is 3.32. The largest absolute Gasteiger partial charge is 0.493 e. The first-order valence-corrected chi connectivity index (χ1v) is 26.7. The molecule has 2 aromatic rings. The van der Waals surface area contributed by atoms with E-state index in [4.69, 9.17) is 68.7 Å². The van der Waals surface area contributed by atoms with Gasteiger partial charge in [0.2, 0.25) is 0 Å². The van der Waals surface area contributed by atoms with Crippen molar-refractivity contribution in [2.24, 2.45) is 11.5 Å². The molecule has 6 aliphatic rings. The molecule has 4 aliphatic carbocycles. The molecule has 0 saturated carbocycles. The molecule has 2 aliphatic heterocycles. The van der Waals surface area contributed by atoms with Gasteiger partial charge in [0.05, 0.1) is 37.3 Å². The number of aliphatic hydroxyl groups is 2. The fourth-order valence-corrected chi connectivity index (χ4v) is 10.1. The van der Waals surface area contributed by atoms with E-state index in [1.165, 1.54) is 11.1 Å². The molecule has 90 heavy (non-hydrogen) atoms. The van der Waals surface area contributed by atoms with E-state index in [0.717, 1.165) is 77.1 Å². The number of ether oxygens (including phenoxy) is 4. The van der Waals surface area contributed by atoms with Crippen LogP contribution in [0.15, 0.2) is 47.0 Å². The third-order valence-electron chi connectivity index (χ3n) is 12.5. The van der Waals surface area contributed by atoms with E-state index >= 15 is 0 Å². The topological polar surface area (TPSA) is 245 Å². The Labute approximate surface area is 597 Å². The SMILES string of the molecule is C.C.C#CC#CC#CC#CC#CC#CC#CC#CC.C#CC#CC#CC#CC#CC#CC#CC#CC.COc1cc(Br)c2c3c1OC1C[C@@H](O)C=CC31CCCC2N.COc1ccc2c3c1OC1C[C@@H](O)C=CC31CCCC2N.O=[N+]([O-])O.O=[N+]([O-])OBr.[Cu].[HH].[HH].[HH].[HH].[HH].[HH].[HH].[HH].[HH].[HH].[HH].[HH].[HH].[HH].[HH].[HH].[HH].[HH].[HH].[Zn]. The number of rotatable bonds is 3. The van der Waals surface area contributed by atoms with E-state index in [2.05, 4.69) is 232 Å². The zero-order chi connectivity index (χ0) is 63.2. The summed E-state index contributed by atoms with van der Waals surface area (Å²) in [6, 6.07) is 6.03. The van der Waals surface area contributed by atoms with Crippen molar-refractivity contribution >= 4 is 32.2 Å². The third kappa shape index (κ3) is 25.6. The second-order valence-corrected chi connectivity index (χ2v) is 18.6. The van der Waals surface area contributed by atoms with Crippen molar-refractivity contribution in [3.8, 4) is 213 Å². The monoisotopic (exact) mass is 1470 g/mol. The number of hydrogen-bond acceptors (Lipinski definition) is 13. The number of aliphatic hydroxyl groups excluding tert-OH is 2. The molecule has 2 aromatic carbocycles. The average Bonchev–Trinajstić information content (AvgIpc) is 1.57. The van der Waals surface area contributed by atoms with E-state index in [0.29, 0.717) is 12.8 Å². The van der Waals surface area contributed by atoms with Crippen molar-refractivity contribution < 1.29 is 112 Å². The predicted octanol–water partition coefficient (Wildman–Crippen LogP) is 12.6.